The molecule has 0 aromatic carbocycles. The Labute approximate surface area is 268 Å². The number of allylic oxidation sites excluding steroid dienone is 1. The molecule has 0 radical (unpaired) electrons. The minimum atomic E-state index is -5.11. The summed E-state index contributed by atoms with van der Waals surface area (Å²) in [6.45, 7) is 3.56. The SMILES string of the molecule is CCCCCCC/C=C/C(O)C(COP(=O)(O)OC1C(O)C(O)C(O)C(O)C1O)NC(=O)CC(O)CCCCCCCCCC. The van der Waals surface area contributed by atoms with Gasteiger partial charge in [0, 0.05) is 0 Å². The Kier molecular flexibility index (Phi) is 21.9. The summed E-state index contributed by atoms with van der Waals surface area (Å²) in [4.78, 5) is 23.0. The monoisotopic (exact) mass is 669 g/mol. The van der Waals surface area contributed by atoms with Crippen molar-refractivity contribution in [2.75, 3.05) is 6.61 Å². The van der Waals surface area contributed by atoms with Crippen molar-refractivity contribution >= 4 is 13.7 Å². The van der Waals surface area contributed by atoms with E-state index in [1.165, 1.54) is 31.8 Å². The lowest BCUT2D eigenvalue weighted by Crippen LogP contribution is -2.64. The number of hydrogen-bond acceptors (Lipinski definition) is 11. The predicted octanol–water partition coefficient (Wildman–Crippen LogP) is 2.35. The van der Waals surface area contributed by atoms with Crippen molar-refractivity contribution in [3.63, 3.8) is 0 Å². The van der Waals surface area contributed by atoms with Gasteiger partial charge in [-0.15, -0.1) is 0 Å². The second-order valence-corrected chi connectivity index (χ2v) is 13.6. The third-order valence-corrected chi connectivity index (χ3v) is 9.11. The molecule has 0 aliphatic heterocycles. The molecule has 0 bridgehead atoms. The van der Waals surface area contributed by atoms with Crippen LogP contribution in [-0.4, -0.2) is 108 Å². The molecule has 1 amide bonds. The van der Waals surface area contributed by atoms with Crippen molar-refractivity contribution in [1.82, 2.24) is 5.32 Å². The number of hydrogen-bond donors (Lipinski definition) is 9. The van der Waals surface area contributed by atoms with E-state index in [1.54, 1.807) is 6.08 Å². The molecule has 0 aromatic rings. The standard InChI is InChI=1S/C31H60NO12P/c1-3-5-7-9-11-13-14-16-18-22(33)20-25(35)32-23(24(34)19-17-15-12-10-8-6-4-2)21-43-45(41,42)44-31-29(39)27(37)26(36)28(38)30(31)40/h17,19,22-24,26-31,33-34,36-40H,3-16,18,20-21H2,1-2H3,(H,32,35)(H,41,42)/b19-17+. The van der Waals surface area contributed by atoms with Gasteiger partial charge in [-0.1, -0.05) is 103 Å². The molecule has 1 aliphatic rings. The molecule has 13 nitrogen and oxygen atoms in total. The Morgan fingerprint density at radius 3 is 1.82 bits per heavy atom. The molecule has 1 rings (SSSR count). The van der Waals surface area contributed by atoms with Gasteiger partial charge in [-0.25, -0.2) is 4.57 Å². The minimum Gasteiger partial charge on any atom is -0.393 e. The zero-order chi connectivity index (χ0) is 33.8. The number of rotatable bonds is 25. The Morgan fingerprint density at radius 2 is 1.27 bits per heavy atom. The summed E-state index contributed by atoms with van der Waals surface area (Å²) < 4.78 is 22.5. The van der Waals surface area contributed by atoms with Crippen LogP contribution in [-0.2, 0) is 18.4 Å². The summed E-state index contributed by atoms with van der Waals surface area (Å²) >= 11 is 0. The smallest absolute Gasteiger partial charge is 0.393 e. The highest BCUT2D eigenvalue weighted by molar-refractivity contribution is 7.47. The molecule has 0 spiro atoms. The zero-order valence-electron chi connectivity index (χ0n) is 27.0. The fourth-order valence-corrected chi connectivity index (χ4v) is 6.20. The van der Waals surface area contributed by atoms with Crippen LogP contribution in [0.2, 0.25) is 0 Å². The molecule has 0 saturated heterocycles. The summed E-state index contributed by atoms with van der Waals surface area (Å²) in [5.74, 6) is -0.602. The molecular weight excluding hydrogens is 609 g/mol. The van der Waals surface area contributed by atoms with Gasteiger partial charge in [-0.3, -0.25) is 13.8 Å². The number of unbranched alkanes of at least 4 members (excludes halogenated alkanes) is 12. The topological polar surface area (TPSA) is 226 Å². The third kappa shape index (κ3) is 17.1. The number of carbonyl (C=O) groups is 1. The first-order valence-electron chi connectivity index (χ1n) is 16.7. The Hall–Kier alpha value is -0.960. The highest BCUT2D eigenvalue weighted by Crippen LogP contribution is 2.47. The quantitative estimate of drug-likeness (QED) is 0.0388. The lowest BCUT2D eigenvalue weighted by Gasteiger charge is -2.41. The molecule has 0 heterocycles. The molecule has 1 saturated carbocycles. The van der Waals surface area contributed by atoms with Gasteiger partial charge in [-0.05, 0) is 19.3 Å². The summed E-state index contributed by atoms with van der Waals surface area (Å²) in [7, 11) is -5.11. The van der Waals surface area contributed by atoms with Crippen molar-refractivity contribution in [3.05, 3.63) is 12.2 Å². The summed E-state index contributed by atoms with van der Waals surface area (Å²) in [5.41, 5.74) is 0. The van der Waals surface area contributed by atoms with Gasteiger partial charge in [0.1, 0.15) is 36.6 Å². The van der Waals surface area contributed by atoms with Crippen molar-refractivity contribution in [3.8, 4) is 0 Å². The van der Waals surface area contributed by atoms with Crippen LogP contribution in [0.15, 0.2) is 12.2 Å². The number of nitrogens with one attached hydrogen (secondary N) is 1. The van der Waals surface area contributed by atoms with Crippen LogP contribution in [0, 0.1) is 0 Å². The first-order chi connectivity index (χ1) is 21.3. The molecule has 0 aromatic heterocycles. The zero-order valence-corrected chi connectivity index (χ0v) is 27.9. The van der Waals surface area contributed by atoms with E-state index in [4.69, 9.17) is 9.05 Å². The van der Waals surface area contributed by atoms with Gasteiger partial charge in [0.2, 0.25) is 5.91 Å². The Morgan fingerprint density at radius 1 is 0.778 bits per heavy atom. The fraction of sp³-hybridized carbons (Fsp3) is 0.903. The average Bonchev–Trinajstić information content (AvgIpc) is 3.00. The molecule has 8 unspecified atom stereocenters. The number of aliphatic hydroxyl groups is 7. The van der Waals surface area contributed by atoms with Crippen LogP contribution in [0.1, 0.15) is 117 Å². The molecule has 14 heteroatoms. The first kappa shape index (κ1) is 42.1. The van der Waals surface area contributed by atoms with E-state index in [2.05, 4.69) is 19.2 Å². The summed E-state index contributed by atoms with van der Waals surface area (Å²) in [6.07, 6.45) is 3.91. The van der Waals surface area contributed by atoms with E-state index in [1.807, 2.05) is 0 Å². The van der Waals surface area contributed by atoms with Gasteiger partial charge in [-0.2, -0.15) is 0 Å². The van der Waals surface area contributed by atoms with E-state index in [-0.39, 0.29) is 6.42 Å². The van der Waals surface area contributed by atoms with Crippen molar-refractivity contribution < 1.29 is 59.0 Å². The van der Waals surface area contributed by atoms with Crippen LogP contribution in [0.5, 0.6) is 0 Å². The Bertz CT molecular complexity index is 848. The molecule has 266 valence electrons. The lowest BCUT2D eigenvalue weighted by molar-refractivity contribution is -0.220. The van der Waals surface area contributed by atoms with Gasteiger partial charge >= 0.3 is 7.82 Å². The molecular formula is C31H60NO12P. The van der Waals surface area contributed by atoms with E-state index >= 15 is 0 Å². The highest BCUT2D eigenvalue weighted by atomic mass is 31.2. The normalized spacial score (nSPS) is 27.2. The number of aliphatic hydroxyl groups excluding tert-OH is 7. The van der Waals surface area contributed by atoms with Crippen molar-refractivity contribution in [2.24, 2.45) is 0 Å². The number of amides is 1. The van der Waals surface area contributed by atoms with Crippen LogP contribution in [0.4, 0.5) is 0 Å². The Balaban J connectivity index is 2.74. The van der Waals surface area contributed by atoms with Crippen LogP contribution >= 0.6 is 7.82 Å². The lowest BCUT2D eigenvalue weighted by atomic mass is 9.85. The van der Waals surface area contributed by atoms with E-state index in [0.717, 1.165) is 57.8 Å². The molecule has 8 atom stereocenters. The van der Waals surface area contributed by atoms with Crippen LogP contribution in [0.3, 0.4) is 0 Å². The first-order valence-corrected chi connectivity index (χ1v) is 18.2. The maximum Gasteiger partial charge on any atom is 0.472 e. The second kappa shape index (κ2) is 23.4. The highest BCUT2D eigenvalue weighted by Gasteiger charge is 2.51. The maximum atomic E-state index is 12.7. The predicted molar refractivity (Wildman–Crippen MR) is 169 cm³/mol. The number of phosphoric acid groups is 1. The minimum absolute atomic E-state index is 0.243. The third-order valence-electron chi connectivity index (χ3n) is 8.12. The fourth-order valence-electron chi connectivity index (χ4n) is 5.24. The largest absolute Gasteiger partial charge is 0.472 e. The summed E-state index contributed by atoms with van der Waals surface area (Å²) in [5, 5.41) is 73.4. The van der Waals surface area contributed by atoms with Crippen molar-refractivity contribution in [1.29, 1.82) is 0 Å². The van der Waals surface area contributed by atoms with Crippen molar-refractivity contribution in [2.45, 2.75) is 171 Å². The second-order valence-electron chi connectivity index (χ2n) is 12.2. The van der Waals surface area contributed by atoms with Crippen LogP contribution < -0.4 is 5.32 Å². The molecule has 1 fully saturated rings. The van der Waals surface area contributed by atoms with Gasteiger partial charge < -0.3 is 46.0 Å². The van der Waals surface area contributed by atoms with Crippen LogP contribution in [0.25, 0.3) is 0 Å². The number of carbonyl (C=O) groups excluding carboxylic acids is 1. The molecule has 45 heavy (non-hydrogen) atoms. The van der Waals surface area contributed by atoms with E-state index in [0.29, 0.717) is 12.8 Å². The van der Waals surface area contributed by atoms with Gasteiger partial charge in [0.25, 0.3) is 0 Å². The maximum absolute atomic E-state index is 12.7. The van der Waals surface area contributed by atoms with E-state index in [9.17, 15) is 50.0 Å². The van der Waals surface area contributed by atoms with Gasteiger partial charge in [0.15, 0.2) is 0 Å². The van der Waals surface area contributed by atoms with E-state index < -0.39 is 75.2 Å². The average molecular weight is 670 g/mol. The van der Waals surface area contributed by atoms with Gasteiger partial charge in [0.05, 0.1) is 31.3 Å². The molecule has 9 N–H and O–H groups in total. The number of phosphoric ester groups is 1. The molecule has 1 aliphatic carbocycles. The summed E-state index contributed by atoms with van der Waals surface area (Å²) in [6, 6.07) is -1.23.